The van der Waals surface area contributed by atoms with Gasteiger partial charge in [0.05, 0.1) is 5.75 Å². The Kier molecular flexibility index (Phi) is 5.36. The van der Waals surface area contributed by atoms with Crippen LogP contribution in [0.4, 0.5) is 0 Å². The molecule has 7 nitrogen and oxygen atoms in total. The quantitative estimate of drug-likeness (QED) is 0.772. The van der Waals surface area contributed by atoms with E-state index >= 15 is 0 Å². The molecule has 1 saturated heterocycles. The van der Waals surface area contributed by atoms with Crippen LogP contribution in [0.1, 0.15) is 12.8 Å². The first-order valence-corrected chi connectivity index (χ1v) is 10.3. The molecule has 2 fully saturated rings. The van der Waals surface area contributed by atoms with Crippen LogP contribution in [-0.2, 0) is 9.59 Å². The molecule has 0 spiro atoms. The smallest absolute Gasteiger partial charge is 0.233 e. The third-order valence-electron chi connectivity index (χ3n) is 4.78. The molecule has 1 aliphatic heterocycles. The van der Waals surface area contributed by atoms with Crippen LogP contribution < -0.4 is 0 Å². The number of aromatic amines is 1. The van der Waals surface area contributed by atoms with Crippen molar-refractivity contribution in [2.75, 3.05) is 31.9 Å². The van der Waals surface area contributed by atoms with Crippen LogP contribution in [0.15, 0.2) is 29.4 Å². The summed E-state index contributed by atoms with van der Waals surface area (Å²) in [6, 6.07) is 7.32. The second-order valence-corrected chi connectivity index (χ2v) is 8.12. The van der Waals surface area contributed by atoms with Gasteiger partial charge in [0.1, 0.15) is 0 Å². The van der Waals surface area contributed by atoms with E-state index in [0.29, 0.717) is 42.2 Å². The number of benzene rings is 1. The third-order valence-corrected chi connectivity index (χ3v) is 5.86. The van der Waals surface area contributed by atoms with Gasteiger partial charge in [0, 0.05) is 42.7 Å². The molecule has 0 unspecified atom stereocenters. The van der Waals surface area contributed by atoms with Gasteiger partial charge >= 0.3 is 0 Å². The standard InChI is InChI=1S/C18H20ClN5O2S/c19-14-5-3-12(4-6-14)16-20-18(22-21-16)27-11-15(25)23-7-9-24(10-8-23)17(26)13-1-2-13/h3-6,13H,1-2,7-11H2,(H,20,21,22). The van der Waals surface area contributed by atoms with Crippen molar-refractivity contribution in [2.45, 2.75) is 18.0 Å². The van der Waals surface area contributed by atoms with Crippen molar-refractivity contribution >= 4 is 35.2 Å². The van der Waals surface area contributed by atoms with Crippen LogP contribution in [0.25, 0.3) is 11.4 Å². The summed E-state index contributed by atoms with van der Waals surface area (Å²) in [6.07, 6.45) is 2.03. The number of carbonyl (C=O) groups is 2. The molecular formula is C18H20ClN5O2S. The van der Waals surface area contributed by atoms with Crippen LogP contribution in [-0.4, -0.2) is 68.7 Å². The zero-order valence-corrected chi connectivity index (χ0v) is 16.3. The number of nitrogens with zero attached hydrogens (tertiary/aromatic N) is 4. The maximum absolute atomic E-state index is 12.4. The number of hydrogen-bond acceptors (Lipinski definition) is 5. The number of nitrogens with one attached hydrogen (secondary N) is 1. The second kappa shape index (κ2) is 7.90. The molecule has 0 radical (unpaired) electrons. The van der Waals surface area contributed by atoms with E-state index in [0.717, 1.165) is 18.4 Å². The van der Waals surface area contributed by atoms with Crippen LogP contribution in [0, 0.1) is 5.92 Å². The van der Waals surface area contributed by atoms with Crippen LogP contribution in [0.2, 0.25) is 5.02 Å². The fourth-order valence-corrected chi connectivity index (χ4v) is 3.86. The van der Waals surface area contributed by atoms with Gasteiger partial charge < -0.3 is 9.80 Å². The Bertz CT molecular complexity index is 829. The molecule has 4 rings (SSSR count). The van der Waals surface area contributed by atoms with Gasteiger partial charge in [-0.15, -0.1) is 5.10 Å². The normalized spacial score (nSPS) is 17.2. The monoisotopic (exact) mass is 405 g/mol. The van der Waals surface area contributed by atoms with Crippen LogP contribution >= 0.6 is 23.4 Å². The van der Waals surface area contributed by atoms with E-state index < -0.39 is 0 Å². The van der Waals surface area contributed by atoms with E-state index in [1.807, 2.05) is 21.9 Å². The lowest BCUT2D eigenvalue weighted by Gasteiger charge is -2.34. The Morgan fingerprint density at radius 1 is 1.11 bits per heavy atom. The Hall–Kier alpha value is -2.06. The lowest BCUT2D eigenvalue weighted by atomic mass is 10.2. The molecule has 1 saturated carbocycles. The topological polar surface area (TPSA) is 82.2 Å². The van der Waals surface area contributed by atoms with Gasteiger partial charge in [-0.1, -0.05) is 23.4 Å². The lowest BCUT2D eigenvalue weighted by Crippen LogP contribution is -2.51. The molecule has 1 aromatic heterocycles. The number of rotatable bonds is 5. The minimum Gasteiger partial charge on any atom is -0.339 e. The van der Waals surface area contributed by atoms with Gasteiger partial charge in [0.15, 0.2) is 5.82 Å². The molecule has 1 aromatic carbocycles. The number of halogens is 1. The van der Waals surface area contributed by atoms with Gasteiger partial charge in [-0.2, -0.15) is 0 Å². The minimum atomic E-state index is 0.0522. The number of carbonyl (C=O) groups excluding carboxylic acids is 2. The van der Waals surface area contributed by atoms with Gasteiger partial charge in [-0.25, -0.2) is 4.98 Å². The molecule has 2 aliphatic rings. The summed E-state index contributed by atoms with van der Waals surface area (Å²) < 4.78 is 0. The van der Waals surface area contributed by atoms with Crippen LogP contribution in [0.3, 0.4) is 0 Å². The van der Waals surface area contributed by atoms with Crippen LogP contribution in [0.5, 0.6) is 0 Å². The summed E-state index contributed by atoms with van der Waals surface area (Å²) in [7, 11) is 0. The van der Waals surface area contributed by atoms with E-state index in [9.17, 15) is 9.59 Å². The molecule has 1 aliphatic carbocycles. The highest BCUT2D eigenvalue weighted by atomic mass is 35.5. The number of H-pyrrole nitrogens is 1. The SMILES string of the molecule is O=C(CSc1n[nH]c(-c2ccc(Cl)cc2)n1)N1CCN(C(=O)C2CC2)CC1. The van der Waals surface area contributed by atoms with Crippen molar-refractivity contribution in [1.82, 2.24) is 25.0 Å². The summed E-state index contributed by atoms with van der Waals surface area (Å²) in [5, 5.41) is 8.25. The van der Waals surface area contributed by atoms with Crippen molar-refractivity contribution < 1.29 is 9.59 Å². The average molecular weight is 406 g/mol. The predicted octanol–water partition coefficient (Wildman–Crippen LogP) is 2.30. The Morgan fingerprint density at radius 3 is 2.44 bits per heavy atom. The average Bonchev–Trinajstić information content (AvgIpc) is 3.44. The predicted molar refractivity (Wildman–Crippen MR) is 103 cm³/mol. The summed E-state index contributed by atoms with van der Waals surface area (Å²) in [4.78, 5) is 32.6. The van der Waals surface area contributed by atoms with Crippen molar-refractivity contribution in [3.63, 3.8) is 0 Å². The molecule has 0 atom stereocenters. The highest BCUT2D eigenvalue weighted by molar-refractivity contribution is 7.99. The first-order valence-electron chi connectivity index (χ1n) is 8.98. The fourth-order valence-electron chi connectivity index (χ4n) is 3.03. The summed E-state index contributed by atoms with van der Waals surface area (Å²) >= 11 is 7.20. The molecule has 2 heterocycles. The Labute approximate surface area is 166 Å². The summed E-state index contributed by atoms with van der Waals surface area (Å²) in [5.74, 6) is 1.48. The maximum Gasteiger partial charge on any atom is 0.233 e. The van der Waals surface area contributed by atoms with E-state index in [2.05, 4.69) is 15.2 Å². The molecule has 27 heavy (non-hydrogen) atoms. The zero-order valence-electron chi connectivity index (χ0n) is 14.7. The third kappa shape index (κ3) is 4.44. The van der Waals surface area contributed by atoms with Gasteiger partial charge in [0.25, 0.3) is 0 Å². The Morgan fingerprint density at radius 2 is 1.78 bits per heavy atom. The number of piperazine rings is 1. The maximum atomic E-state index is 12.4. The van der Waals surface area contributed by atoms with Gasteiger partial charge in [-0.3, -0.25) is 14.7 Å². The minimum absolute atomic E-state index is 0.0522. The number of thioether (sulfide) groups is 1. The summed E-state index contributed by atoms with van der Waals surface area (Å²) in [6.45, 7) is 2.46. The molecule has 2 amide bonds. The van der Waals surface area contributed by atoms with Crippen molar-refractivity contribution in [1.29, 1.82) is 0 Å². The summed E-state index contributed by atoms with van der Waals surface area (Å²) in [5.41, 5.74) is 0.890. The second-order valence-electron chi connectivity index (χ2n) is 6.74. The number of amides is 2. The highest BCUT2D eigenvalue weighted by Gasteiger charge is 2.35. The van der Waals surface area contributed by atoms with Crippen molar-refractivity contribution in [3.8, 4) is 11.4 Å². The van der Waals surface area contributed by atoms with Gasteiger partial charge in [0.2, 0.25) is 17.0 Å². The van der Waals surface area contributed by atoms with Crippen molar-refractivity contribution in [2.24, 2.45) is 5.92 Å². The highest BCUT2D eigenvalue weighted by Crippen LogP contribution is 2.31. The number of aromatic nitrogens is 3. The van der Waals surface area contributed by atoms with E-state index in [1.165, 1.54) is 11.8 Å². The molecule has 142 valence electrons. The number of hydrogen-bond donors (Lipinski definition) is 1. The van der Waals surface area contributed by atoms with Gasteiger partial charge in [-0.05, 0) is 37.1 Å². The molecule has 1 N–H and O–H groups in total. The van der Waals surface area contributed by atoms with E-state index in [1.54, 1.807) is 12.1 Å². The van der Waals surface area contributed by atoms with Crippen molar-refractivity contribution in [3.05, 3.63) is 29.3 Å². The first-order chi connectivity index (χ1) is 13.1. The fraction of sp³-hybridized carbons (Fsp3) is 0.444. The first kappa shape index (κ1) is 18.3. The lowest BCUT2D eigenvalue weighted by molar-refractivity contribution is -0.139. The molecular weight excluding hydrogens is 386 g/mol. The van der Waals surface area contributed by atoms with E-state index in [-0.39, 0.29) is 23.5 Å². The Balaban J connectivity index is 1.26. The zero-order chi connectivity index (χ0) is 18.8. The van der Waals surface area contributed by atoms with E-state index in [4.69, 9.17) is 11.6 Å². The molecule has 9 heteroatoms. The molecule has 0 bridgehead atoms. The largest absolute Gasteiger partial charge is 0.339 e. The molecule has 2 aromatic rings.